The lowest BCUT2D eigenvalue weighted by atomic mass is 10.0. The van der Waals surface area contributed by atoms with Gasteiger partial charge in [-0.2, -0.15) is 5.10 Å². The van der Waals surface area contributed by atoms with Gasteiger partial charge in [-0.15, -0.1) is 0 Å². The highest BCUT2D eigenvalue weighted by Crippen LogP contribution is 2.34. The van der Waals surface area contributed by atoms with Crippen molar-refractivity contribution in [3.63, 3.8) is 0 Å². The third-order valence-electron chi connectivity index (χ3n) is 4.41. The quantitative estimate of drug-likeness (QED) is 0.389. The van der Waals surface area contributed by atoms with E-state index in [0.717, 1.165) is 21.4 Å². The summed E-state index contributed by atoms with van der Waals surface area (Å²) < 4.78 is 6.34. The second-order valence-corrected chi connectivity index (χ2v) is 8.01. The molecule has 0 radical (unpaired) electrons. The smallest absolute Gasteiger partial charge is 0.323 e. The van der Waals surface area contributed by atoms with E-state index in [0.29, 0.717) is 17.4 Å². The summed E-state index contributed by atoms with van der Waals surface area (Å²) >= 11 is 3.51. The number of urea groups is 1. The van der Waals surface area contributed by atoms with Crippen molar-refractivity contribution in [2.75, 3.05) is 24.8 Å². The molecule has 0 bridgehead atoms. The van der Waals surface area contributed by atoms with Crippen LogP contribution in [0, 0.1) is 0 Å². The Bertz CT molecular complexity index is 904. The monoisotopic (exact) mass is 458 g/mol. The minimum absolute atomic E-state index is 0.324. The Morgan fingerprint density at radius 2 is 1.72 bits per heavy atom. The van der Waals surface area contributed by atoms with E-state index in [2.05, 4.69) is 52.2 Å². The maximum absolute atomic E-state index is 12.4. The number of methoxy groups -OCH3 is 1. The number of ether oxygens (including phenoxy) is 1. The number of hydrogen-bond acceptors (Lipinski definition) is 4. The standard InChI is InChI=1S/C22H27BrN4O2/c1-14(2)16-7-9-17(10-8-16)25-22(28)26-18-11-12-20(29-6)19(13-18)21(15(3)23)27(5)24-4/h7-14H,4H2,1-3,5-6H3,(H2,25,26,28)/b21-15+. The summed E-state index contributed by atoms with van der Waals surface area (Å²) in [6.45, 7) is 9.75. The number of amides is 2. The first-order chi connectivity index (χ1) is 13.8. The minimum Gasteiger partial charge on any atom is -0.496 e. The summed E-state index contributed by atoms with van der Waals surface area (Å²) in [5, 5.41) is 11.3. The van der Waals surface area contributed by atoms with E-state index in [9.17, 15) is 4.79 Å². The van der Waals surface area contributed by atoms with Gasteiger partial charge >= 0.3 is 6.03 Å². The zero-order valence-corrected chi connectivity index (χ0v) is 19.0. The summed E-state index contributed by atoms with van der Waals surface area (Å²) in [4.78, 5) is 12.4. The lowest BCUT2D eigenvalue weighted by molar-refractivity contribution is 0.262. The first-order valence-electron chi connectivity index (χ1n) is 9.20. The number of carbonyl (C=O) groups excluding carboxylic acids is 1. The number of benzene rings is 2. The molecule has 154 valence electrons. The van der Waals surface area contributed by atoms with Crippen LogP contribution in [-0.4, -0.2) is 31.9 Å². The van der Waals surface area contributed by atoms with Crippen LogP contribution in [0.25, 0.3) is 5.70 Å². The van der Waals surface area contributed by atoms with Crippen molar-refractivity contribution >= 4 is 45.8 Å². The number of nitrogens with zero attached hydrogens (tertiary/aromatic N) is 2. The number of anilines is 2. The van der Waals surface area contributed by atoms with Crippen molar-refractivity contribution in [3.8, 4) is 5.75 Å². The second kappa shape index (κ2) is 10.1. The molecule has 29 heavy (non-hydrogen) atoms. The summed E-state index contributed by atoms with van der Waals surface area (Å²) in [6, 6.07) is 12.9. The van der Waals surface area contributed by atoms with Crippen molar-refractivity contribution < 1.29 is 9.53 Å². The molecular weight excluding hydrogens is 432 g/mol. The van der Waals surface area contributed by atoms with Crippen LogP contribution in [0.15, 0.2) is 52.0 Å². The van der Waals surface area contributed by atoms with Crippen LogP contribution in [0.1, 0.15) is 37.8 Å². The molecule has 6 nitrogen and oxygen atoms in total. The van der Waals surface area contributed by atoms with Gasteiger partial charge in [-0.3, -0.25) is 5.01 Å². The van der Waals surface area contributed by atoms with Gasteiger partial charge in [0, 0.05) is 35.2 Å². The van der Waals surface area contributed by atoms with Gasteiger partial charge in [0.1, 0.15) is 5.75 Å². The van der Waals surface area contributed by atoms with Crippen molar-refractivity contribution in [2.45, 2.75) is 26.7 Å². The zero-order valence-electron chi connectivity index (χ0n) is 17.4. The molecule has 0 aliphatic rings. The van der Waals surface area contributed by atoms with Gasteiger partial charge in [0.15, 0.2) is 0 Å². The topological polar surface area (TPSA) is 66.0 Å². The van der Waals surface area contributed by atoms with Crippen molar-refractivity contribution in [2.24, 2.45) is 5.10 Å². The Labute approximate surface area is 180 Å². The van der Waals surface area contributed by atoms with Crippen molar-refractivity contribution in [3.05, 3.63) is 58.1 Å². The van der Waals surface area contributed by atoms with Crippen LogP contribution in [0.5, 0.6) is 5.75 Å². The molecule has 0 heterocycles. The van der Waals surface area contributed by atoms with E-state index in [1.165, 1.54) is 5.56 Å². The fourth-order valence-corrected chi connectivity index (χ4v) is 3.34. The molecular formula is C22H27BrN4O2. The first-order valence-corrected chi connectivity index (χ1v) is 9.99. The molecule has 0 spiro atoms. The lowest BCUT2D eigenvalue weighted by Crippen LogP contribution is -2.19. The molecule has 0 aliphatic heterocycles. The zero-order chi connectivity index (χ0) is 21.6. The third-order valence-corrected chi connectivity index (χ3v) is 4.79. The number of halogens is 1. The Morgan fingerprint density at radius 1 is 1.14 bits per heavy atom. The predicted molar refractivity (Wildman–Crippen MR) is 125 cm³/mol. The van der Waals surface area contributed by atoms with Gasteiger partial charge in [0.05, 0.1) is 12.8 Å². The number of hydrogen-bond donors (Lipinski definition) is 2. The fourth-order valence-electron chi connectivity index (χ4n) is 2.87. The minimum atomic E-state index is -0.324. The predicted octanol–water partition coefficient (Wildman–Crippen LogP) is 6.09. The van der Waals surface area contributed by atoms with Gasteiger partial charge in [-0.1, -0.05) is 41.9 Å². The van der Waals surface area contributed by atoms with Crippen LogP contribution in [-0.2, 0) is 0 Å². The summed E-state index contributed by atoms with van der Waals surface area (Å²) in [5.41, 5.74) is 4.13. The van der Waals surface area contributed by atoms with Crippen LogP contribution < -0.4 is 15.4 Å². The Kier molecular flexibility index (Phi) is 7.84. The molecule has 2 amide bonds. The molecule has 2 N–H and O–H groups in total. The Morgan fingerprint density at radius 3 is 2.24 bits per heavy atom. The molecule has 0 unspecified atom stereocenters. The maximum Gasteiger partial charge on any atom is 0.323 e. The summed E-state index contributed by atoms with van der Waals surface area (Å²) in [6.07, 6.45) is 0. The fraction of sp³-hybridized carbons (Fsp3) is 0.273. The number of carbonyl (C=O) groups is 1. The molecule has 2 rings (SSSR count). The summed E-state index contributed by atoms with van der Waals surface area (Å²) in [7, 11) is 3.39. The molecule has 0 aliphatic carbocycles. The van der Waals surface area contributed by atoms with Gasteiger partial charge in [0.2, 0.25) is 0 Å². The lowest BCUT2D eigenvalue weighted by Gasteiger charge is -2.21. The molecule has 0 fully saturated rings. The highest BCUT2D eigenvalue weighted by atomic mass is 79.9. The molecule has 0 saturated heterocycles. The molecule has 2 aromatic rings. The number of rotatable bonds is 7. The SMILES string of the molecule is C=NN(C)/C(=C(\C)Br)c1cc(NC(=O)Nc2ccc(C(C)C)cc2)ccc1OC. The van der Waals surface area contributed by atoms with Crippen molar-refractivity contribution in [1.82, 2.24) is 5.01 Å². The average Bonchev–Trinajstić information content (AvgIpc) is 2.68. The normalized spacial score (nSPS) is 11.6. The highest BCUT2D eigenvalue weighted by molar-refractivity contribution is 9.11. The van der Waals surface area contributed by atoms with Crippen LogP contribution in [0.3, 0.4) is 0 Å². The number of nitrogens with one attached hydrogen (secondary N) is 2. The van der Waals surface area contributed by atoms with E-state index in [4.69, 9.17) is 4.74 Å². The molecule has 0 atom stereocenters. The van der Waals surface area contributed by atoms with Crippen molar-refractivity contribution in [1.29, 1.82) is 0 Å². The molecule has 0 saturated carbocycles. The van der Waals surface area contributed by atoms with Crippen LogP contribution in [0.4, 0.5) is 16.2 Å². The number of hydrazone groups is 1. The van der Waals surface area contributed by atoms with E-state index in [-0.39, 0.29) is 6.03 Å². The molecule has 2 aromatic carbocycles. The van der Waals surface area contributed by atoms with E-state index in [1.807, 2.05) is 37.3 Å². The number of allylic oxidation sites excluding steroid dienone is 1. The second-order valence-electron chi connectivity index (χ2n) is 6.82. The average molecular weight is 459 g/mol. The molecule has 7 heteroatoms. The van der Waals surface area contributed by atoms with Gasteiger partial charge < -0.3 is 15.4 Å². The van der Waals surface area contributed by atoms with E-state index < -0.39 is 0 Å². The Hall–Kier alpha value is -2.80. The van der Waals surface area contributed by atoms with Gasteiger partial charge in [-0.05, 0) is 48.7 Å². The van der Waals surface area contributed by atoms with E-state index in [1.54, 1.807) is 31.3 Å². The Balaban J connectivity index is 2.23. The molecule has 0 aromatic heterocycles. The van der Waals surface area contributed by atoms with Gasteiger partial charge in [-0.25, -0.2) is 4.79 Å². The van der Waals surface area contributed by atoms with Crippen LogP contribution in [0.2, 0.25) is 0 Å². The third kappa shape index (κ3) is 5.84. The van der Waals surface area contributed by atoms with Crippen LogP contribution >= 0.6 is 15.9 Å². The highest BCUT2D eigenvalue weighted by Gasteiger charge is 2.16. The van der Waals surface area contributed by atoms with E-state index >= 15 is 0 Å². The summed E-state index contributed by atoms with van der Waals surface area (Å²) in [5.74, 6) is 1.10. The largest absolute Gasteiger partial charge is 0.496 e. The van der Waals surface area contributed by atoms with Gasteiger partial charge in [0.25, 0.3) is 0 Å². The maximum atomic E-state index is 12.4. The first kappa shape index (κ1) is 22.5.